The lowest BCUT2D eigenvalue weighted by atomic mass is 10.0. The second kappa shape index (κ2) is 6.27. The maximum absolute atomic E-state index is 13.4. The van der Waals surface area contributed by atoms with Crippen molar-refractivity contribution in [2.75, 3.05) is 6.54 Å². The summed E-state index contributed by atoms with van der Waals surface area (Å²) in [5, 5.41) is 7.51. The summed E-state index contributed by atoms with van der Waals surface area (Å²) in [6.07, 6.45) is 2.95. The lowest BCUT2D eigenvalue weighted by Gasteiger charge is -2.34. The van der Waals surface area contributed by atoms with E-state index in [1.807, 2.05) is 4.90 Å². The molecule has 25 heavy (non-hydrogen) atoms. The van der Waals surface area contributed by atoms with Crippen molar-refractivity contribution in [3.63, 3.8) is 0 Å². The second-order valence-electron chi connectivity index (χ2n) is 6.36. The third-order valence-electron chi connectivity index (χ3n) is 4.67. The molecule has 1 amide bonds. The van der Waals surface area contributed by atoms with Crippen LogP contribution in [0.1, 0.15) is 42.5 Å². The Labute approximate surface area is 143 Å². The van der Waals surface area contributed by atoms with Gasteiger partial charge in [-0.25, -0.2) is 14.0 Å². The molecule has 0 bridgehead atoms. The maximum Gasteiger partial charge on any atom is 0.229 e. The Kier molecular flexibility index (Phi) is 3.95. The molecule has 3 heterocycles. The molecule has 1 fully saturated rings. The van der Waals surface area contributed by atoms with Crippen LogP contribution >= 0.6 is 0 Å². The van der Waals surface area contributed by atoms with E-state index in [0.717, 1.165) is 19.3 Å². The molecule has 0 saturated carbocycles. The average molecular weight is 343 g/mol. The van der Waals surface area contributed by atoms with Gasteiger partial charge in [0.15, 0.2) is 0 Å². The average Bonchev–Trinajstić information content (AvgIpc) is 3.20. The number of imidazole rings is 1. The number of nitrogens with zero attached hydrogens (tertiary/aromatic N) is 4. The second-order valence-corrected chi connectivity index (χ2v) is 6.36. The van der Waals surface area contributed by atoms with Gasteiger partial charge < -0.3 is 9.88 Å². The molecule has 3 aromatic rings. The highest BCUT2D eigenvalue weighted by Gasteiger charge is 2.31. The number of nitrogens with one attached hydrogen (secondary N) is 1. The van der Waals surface area contributed by atoms with Gasteiger partial charge in [0.2, 0.25) is 5.91 Å². The number of H-pyrrole nitrogens is 1. The Morgan fingerprint density at radius 2 is 2.28 bits per heavy atom. The fourth-order valence-corrected chi connectivity index (χ4v) is 3.33. The first kappa shape index (κ1) is 15.7. The van der Waals surface area contributed by atoms with Crippen LogP contribution in [-0.2, 0) is 11.2 Å². The molecule has 0 spiro atoms. The summed E-state index contributed by atoms with van der Waals surface area (Å²) >= 11 is 0. The summed E-state index contributed by atoms with van der Waals surface area (Å²) in [4.78, 5) is 22.3. The van der Waals surface area contributed by atoms with E-state index in [1.54, 1.807) is 13.0 Å². The van der Waals surface area contributed by atoms with Crippen molar-refractivity contribution in [3.05, 3.63) is 41.2 Å². The maximum atomic E-state index is 13.4. The van der Waals surface area contributed by atoms with Crippen molar-refractivity contribution < 1.29 is 13.8 Å². The number of fused-ring (bicyclic) bond motifs is 1. The monoisotopic (exact) mass is 343 g/mol. The van der Waals surface area contributed by atoms with Gasteiger partial charge >= 0.3 is 0 Å². The topological polar surface area (TPSA) is 87.9 Å². The van der Waals surface area contributed by atoms with E-state index in [1.165, 1.54) is 12.1 Å². The highest BCUT2D eigenvalue weighted by molar-refractivity contribution is 5.79. The van der Waals surface area contributed by atoms with Crippen molar-refractivity contribution in [2.45, 2.75) is 38.6 Å². The van der Waals surface area contributed by atoms with Crippen molar-refractivity contribution in [1.29, 1.82) is 0 Å². The zero-order chi connectivity index (χ0) is 17.4. The van der Waals surface area contributed by atoms with Gasteiger partial charge in [0.05, 0.1) is 23.5 Å². The van der Waals surface area contributed by atoms with Gasteiger partial charge in [-0.15, -0.1) is 0 Å². The summed E-state index contributed by atoms with van der Waals surface area (Å²) < 4.78 is 18.1. The van der Waals surface area contributed by atoms with Gasteiger partial charge in [-0.3, -0.25) is 4.79 Å². The summed E-state index contributed by atoms with van der Waals surface area (Å²) in [5.74, 6) is 0.354. The Balaban J connectivity index is 1.61. The number of halogens is 1. The Morgan fingerprint density at radius 1 is 1.40 bits per heavy atom. The number of aryl methyl sites for hydroxylation is 1. The standard InChI is InChI=1S/C17H18FN5O2/c1-10-13(22-25-21-10)9-16(24)23-7-3-2-4-15(23)17-19-12-6-5-11(18)8-14(12)20-17/h5-6,8,15H,2-4,7,9H2,1H3,(H,19,20)/t15-/m0/s1. The molecule has 1 aromatic carbocycles. The number of aromatic amines is 1. The van der Waals surface area contributed by atoms with E-state index in [9.17, 15) is 9.18 Å². The van der Waals surface area contributed by atoms with Crippen molar-refractivity contribution in [3.8, 4) is 0 Å². The molecule has 7 nitrogen and oxygen atoms in total. The minimum Gasteiger partial charge on any atom is -0.340 e. The van der Waals surface area contributed by atoms with Gasteiger partial charge in [0.25, 0.3) is 0 Å². The van der Waals surface area contributed by atoms with Crippen LogP contribution in [0.5, 0.6) is 0 Å². The molecule has 8 heteroatoms. The normalized spacial score (nSPS) is 18.0. The van der Waals surface area contributed by atoms with Crippen LogP contribution in [0.2, 0.25) is 0 Å². The molecule has 0 unspecified atom stereocenters. The fraction of sp³-hybridized carbons (Fsp3) is 0.412. The highest BCUT2D eigenvalue weighted by Crippen LogP contribution is 2.31. The number of piperidine rings is 1. The Bertz CT molecular complexity index is 919. The van der Waals surface area contributed by atoms with Crippen LogP contribution in [0.25, 0.3) is 11.0 Å². The number of rotatable bonds is 3. The van der Waals surface area contributed by atoms with Gasteiger partial charge in [0.1, 0.15) is 23.0 Å². The molecule has 1 saturated heterocycles. The van der Waals surface area contributed by atoms with E-state index in [4.69, 9.17) is 0 Å². The van der Waals surface area contributed by atoms with Crippen molar-refractivity contribution in [2.24, 2.45) is 0 Å². The third kappa shape index (κ3) is 2.99. The number of carbonyl (C=O) groups excluding carboxylic acids is 1. The minimum atomic E-state index is -0.312. The molecular formula is C17H18FN5O2. The number of hydrogen-bond acceptors (Lipinski definition) is 5. The van der Waals surface area contributed by atoms with E-state index >= 15 is 0 Å². The van der Waals surface area contributed by atoms with Gasteiger partial charge in [-0.2, -0.15) is 0 Å². The van der Waals surface area contributed by atoms with Crippen LogP contribution in [0, 0.1) is 12.7 Å². The smallest absolute Gasteiger partial charge is 0.229 e. The molecule has 1 atom stereocenters. The lowest BCUT2D eigenvalue weighted by Crippen LogP contribution is -2.40. The molecule has 2 aromatic heterocycles. The zero-order valence-electron chi connectivity index (χ0n) is 13.8. The third-order valence-corrected chi connectivity index (χ3v) is 4.67. The molecule has 1 aliphatic rings. The summed E-state index contributed by atoms with van der Waals surface area (Å²) in [6.45, 7) is 2.43. The zero-order valence-corrected chi connectivity index (χ0v) is 13.8. The fourth-order valence-electron chi connectivity index (χ4n) is 3.33. The molecule has 0 aliphatic carbocycles. The Morgan fingerprint density at radius 3 is 3.08 bits per heavy atom. The summed E-state index contributed by atoms with van der Waals surface area (Å²) in [5.41, 5.74) is 2.53. The van der Waals surface area contributed by atoms with E-state index in [0.29, 0.717) is 34.8 Å². The Hall–Kier alpha value is -2.77. The number of benzene rings is 1. The molecular weight excluding hydrogens is 325 g/mol. The number of hydrogen-bond donors (Lipinski definition) is 1. The lowest BCUT2D eigenvalue weighted by molar-refractivity contribution is -0.134. The first-order valence-corrected chi connectivity index (χ1v) is 8.34. The number of carbonyl (C=O) groups is 1. The van der Waals surface area contributed by atoms with E-state index < -0.39 is 0 Å². The van der Waals surface area contributed by atoms with Gasteiger partial charge in [-0.1, -0.05) is 10.3 Å². The van der Waals surface area contributed by atoms with E-state index in [-0.39, 0.29) is 24.2 Å². The molecule has 4 rings (SSSR count). The van der Waals surface area contributed by atoms with Crippen LogP contribution in [0.3, 0.4) is 0 Å². The van der Waals surface area contributed by atoms with Gasteiger partial charge in [0, 0.05) is 6.54 Å². The van der Waals surface area contributed by atoms with Crippen molar-refractivity contribution in [1.82, 2.24) is 25.2 Å². The molecule has 1 N–H and O–H groups in total. The SMILES string of the molecule is Cc1nonc1CC(=O)N1CCCC[C@H]1c1nc2ccc(F)cc2[nH]1. The van der Waals surface area contributed by atoms with Crippen LogP contribution < -0.4 is 0 Å². The highest BCUT2D eigenvalue weighted by atomic mass is 19.1. The molecule has 0 radical (unpaired) electrons. The number of amides is 1. The molecule has 1 aliphatic heterocycles. The van der Waals surface area contributed by atoms with Gasteiger partial charge in [-0.05, 0) is 44.4 Å². The quantitative estimate of drug-likeness (QED) is 0.790. The number of aromatic nitrogens is 4. The summed E-state index contributed by atoms with van der Waals surface area (Å²) in [6, 6.07) is 4.31. The predicted molar refractivity (Wildman–Crippen MR) is 87.1 cm³/mol. The minimum absolute atomic E-state index is 0.0323. The van der Waals surface area contributed by atoms with E-state index in [2.05, 4.69) is 24.9 Å². The van der Waals surface area contributed by atoms with Crippen molar-refractivity contribution >= 4 is 16.9 Å². The first-order chi connectivity index (χ1) is 12.1. The van der Waals surface area contributed by atoms with Crippen LogP contribution in [0.4, 0.5) is 4.39 Å². The van der Waals surface area contributed by atoms with Crippen LogP contribution in [-0.4, -0.2) is 37.6 Å². The number of likely N-dealkylation sites (tertiary alicyclic amines) is 1. The van der Waals surface area contributed by atoms with Crippen LogP contribution in [0.15, 0.2) is 22.8 Å². The first-order valence-electron chi connectivity index (χ1n) is 8.34. The largest absolute Gasteiger partial charge is 0.340 e. The predicted octanol–water partition coefficient (Wildman–Crippen LogP) is 2.69. The molecule has 130 valence electrons. The summed E-state index contributed by atoms with van der Waals surface area (Å²) in [7, 11) is 0.